The zero-order valence-electron chi connectivity index (χ0n) is 25.1. The Kier molecular flexibility index (Phi) is 11.5. The van der Waals surface area contributed by atoms with Gasteiger partial charge in [0.25, 0.3) is 0 Å². The van der Waals surface area contributed by atoms with Crippen LogP contribution in [-0.2, 0) is 0 Å². The van der Waals surface area contributed by atoms with Gasteiger partial charge in [-0.2, -0.15) is 21.9 Å². The number of hydrogen-bond acceptors (Lipinski definition) is 4. The molecule has 212 valence electrons. The van der Waals surface area contributed by atoms with E-state index in [1.54, 1.807) is 33.3 Å². The van der Waals surface area contributed by atoms with Gasteiger partial charge in [0.1, 0.15) is 29.1 Å². The van der Waals surface area contributed by atoms with Gasteiger partial charge in [0.15, 0.2) is 0 Å². The van der Waals surface area contributed by atoms with Gasteiger partial charge in [-0.25, -0.2) is 0 Å². The number of quaternary nitrogens is 1. The summed E-state index contributed by atoms with van der Waals surface area (Å²) >= 11 is 0. The van der Waals surface area contributed by atoms with E-state index < -0.39 is 6.15 Å². The van der Waals surface area contributed by atoms with Crippen molar-refractivity contribution in [3.63, 3.8) is 0 Å². The van der Waals surface area contributed by atoms with Crippen LogP contribution in [0.2, 0.25) is 0 Å². The molecule has 0 aliphatic carbocycles. The van der Waals surface area contributed by atoms with Crippen molar-refractivity contribution in [2.45, 2.75) is 20.8 Å². The van der Waals surface area contributed by atoms with Crippen molar-refractivity contribution >= 4 is 28.0 Å². The number of methoxy groups -OCH3 is 4. The highest BCUT2D eigenvalue weighted by Gasteiger charge is 2.32. The summed E-state index contributed by atoms with van der Waals surface area (Å²) in [6.45, 7) is 10.5. The molecule has 4 aromatic carbocycles. The smallest absolute Gasteiger partial charge is 0.118 e. The van der Waals surface area contributed by atoms with Crippen LogP contribution in [0.3, 0.4) is 0 Å². The van der Waals surface area contributed by atoms with Crippen molar-refractivity contribution < 1.29 is 23.8 Å². The monoisotopic (exact) mass is 541 g/mol. The van der Waals surface area contributed by atoms with Crippen LogP contribution in [0.1, 0.15) is 20.8 Å². The molecule has 0 unspecified atom stereocenters. The Hall–Kier alpha value is -3.90. The highest BCUT2D eigenvalue weighted by molar-refractivity contribution is 7.19. The molecule has 0 aliphatic heterocycles. The Morgan fingerprint density at radius 3 is 0.725 bits per heavy atom. The van der Waals surface area contributed by atoms with Crippen LogP contribution in [0.15, 0.2) is 97.1 Å². The third kappa shape index (κ3) is 6.81. The first-order valence-corrected chi connectivity index (χ1v) is 14.1. The fourth-order valence-electron chi connectivity index (χ4n) is 5.48. The van der Waals surface area contributed by atoms with E-state index >= 15 is 0 Å². The second kappa shape index (κ2) is 15.0. The van der Waals surface area contributed by atoms with Crippen LogP contribution >= 0.6 is 0 Å². The topological polar surface area (TPSA) is 41.4 Å². The standard InChI is InChI=1S/C28H28BO4.C6H15N/c1-30-25-13-5-21(6-14-25)29(22-7-15-26(31-2)16-8-22,23-9-17-27(32-3)18-10-23)24-11-19-28(33-4)20-12-24;1-4-7(5-2)6-3/h5-20H,1-4H3;4-6H2,1-3H3/q-1;/p+1. The molecule has 0 bridgehead atoms. The summed E-state index contributed by atoms with van der Waals surface area (Å²) in [5.74, 6) is 3.29. The molecule has 0 atom stereocenters. The summed E-state index contributed by atoms with van der Waals surface area (Å²) < 4.78 is 21.8. The van der Waals surface area contributed by atoms with Gasteiger partial charge in [0.05, 0.1) is 48.1 Å². The van der Waals surface area contributed by atoms with Crippen LogP contribution in [0.4, 0.5) is 0 Å². The number of ether oxygens (including phenoxy) is 4. The van der Waals surface area contributed by atoms with Crippen molar-refractivity contribution in [1.82, 2.24) is 0 Å². The Balaban J connectivity index is 0.000000559. The molecule has 4 rings (SSSR count). The fourth-order valence-corrected chi connectivity index (χ4v) is 5.48. The Morgan fingerprint density at radius 1 is 0.400 bits per heavy atom. The number of nitrogens with one attached hydrogen (secondary N) is 1. The van der Waals surface area contributed by atoms with Gasteiger partial charge in [0, 0.05) is 0 Å². The first-order chi connectivity index (χ1) is 19.5. The molecule has 0 amide bonds. The quantitative estimate of drug-likeness (QED) is 0.297. The van der Waals surface area contributed by atoms with Gasteiger partial charge in [0.2, 0.25) is 0 Å². The maximum atomic E-state index is 5.45. The van der Waals surface area contributed by atoms with Crippen LogP contribution in [0.5, 0.6) is 23.0 Å². The third-order valence-corrected chi connectivity index (χ3v) is 7.96. The van der Waals surface area contributed by atoms with Crippen LogP contribution < -0.4 is 45.7 Å². The second-order valence-electron chi connectivity index (χ2n) is 9.77. The van der Waals surface area contributed by atoms with Crippen molar-refractivity contribution in [2.75, 3.05) is 48.1 Å². The highest BCUT2D eigenvalue weighted by atomic mass is 16.5. The zero-order valence-corrected chi connectivity index (χ0v) is 25.1. The SMILES string of the molecule is CC[NH+](CC)CC.COc1ccc([B-](c2ccc(OC)cc2)(c2ccc(OC)cc2)c2ccc(OC)cc2)cc1. The van der Waals surface area contributed by atoms with Crippen LogP contribution in [0, 0.1) is 0 Å². The summed E-state index contributed by atoms with van der Waals surface area (Å²) in [6, 6.07) is 33.3. The molecular formula is C34H44BNO4. The minimum absolute atomic E-state index is 0.822. The first-order valence-electron chi connectivity index (χ1n) is 14.1. The molecule has 0 aromatic heterocycles. The molecule has 5 nitrogen and oxygen atoms in total. The molecule has 0 spiro atoms. The normalized spacial score (nSPS) is 10.9. The lowest BCUT2D eigenvalue weighted by Crippen LogP contribution is -3.11. The summed E-state index contributed by atoms with van der Waals surface area (Å²) in [6.07, 6.45) is -1.52. The maximum absolute atomic E-state index is 5.45. The van der Waals surface area contributed by atoms with Crippen molar-refractivity contribution in [3.05, 3.63) is 97.1 Å². The summed E-state index contributed by atoms with van der Waals surface area (Å²) in [4.78, 5) is 1.68. The Morgan fingerprint density at radius 2 is 0.600 bits per heavy atom. The Bertz CT molecular complexity index is 1070. The lowest BCUT2D eigenvalue weighted by atomic mass is 9.13. The largest absolute Gasteiger partial charge is 0.497 e. The number of benzene rings is 4. The average Bonchev–Trinajstić information content (AvgIpc) is 3.04. The first kappa shape index (κ1) is 30.6. The lowest BCUT2D eigenvalue weighted by molar-refractivity contribution is -0.894. The molecular weight excluding hydrogens is 497 g/mol. The van der Waals surface area contributed by atoms with Crippen molar-refractivity contribution in [2.24, 2.45) is 0 Å². The van der Waals surface area contributed by atoms with Gasteiger partial charge < -0.3 is 23.8 Å². The fraction of sp³-hybridized carbons (Fsp3) is 0.294. The minimum atomic E-state index is -1.52. The molecule has 4 aromatic rings. The zero-order chi connectivity index (χ0) is 29.0. The van der Waals surface area contributed by atoms with E-state index in [1.165, 1.54) is 41.5 Å². The van der Waals surface area contributed by atoms with E-state index in [0.29, 0.717) is 0 Å². The highest BCUT2D eigenvalue weighted by Crippen LogP contribution is 2.18. The van der Waals surface area contributed by atoms with Gasteiger partial charge in [-0.15, -0.1) is 0 Å². The Labute approximate surface area is 240 Å². The summed E-state index contributed by atoms with van der Waals surface area (Å²) in [7, 11) is 6.74. The molecule has 0 radical (unpaired) electrons. The van der Waals surface area contributed by atoms with Gasteiger partial charge in [-0.1, -0.05) is 48.5 Å². The van der Waals surface area contributed by atoms with E-state index in [0.717, 1.165) is 23.0 Å². The summed E-state index contributed by atoms with van der Waals surface area (Å²) in [5, 5.41) is 0. The molecule has 0 aliphatic rings. The molecule has 0 fully saturated rings. The third-order valence-electron chi connectivity index (χ3n) is 7.96. The molecule has 0 saturated heterocycles. The average molecular weight is 542 g/mol. The van der Waals surface area contributed by atoms with Gasteiger partial charge in [-0.05, 0) is 69.3 Å². The molecule has 0 heterocycles. The lowest BCUT2D eigenvalue weighted by Gasteiger charge is -2.44. The second-order valence-corrected chi connectivity index (χ2v) is 9.77. The van der Waals surface area contributed by atoms with Crippen LogP contribution in [0.25, 0.3) is 0 Å². The van der Waals surface area contributed by atoms with E-state index in [-0.39, 0.29) is 0 Å². The molecule has 6 heteroatoms. The maximum Gasteiger partial charge on any atom is 0.118 e. The molecule has 1 N–H and O–H groups in total. The number of rotatable bonds is 11. The van der Waals surface area contributed by atoms with E-state index in [2.05, 4.69) is 69.3 Å². The van der Waals surface area contributed by atoms with E-state index in [1.807, 2.05) is 48.5 Å². The van der Waals surface area contributed by atoms with Crippen molar-refractivity contribution in [1.29, 1.82) is 0 Å². The van der Waals surface area contributed by atoms with Crippen molar-refractivity contribution in [3.8, 4) is 23.0 Å². The minimum Gasteiger partial charge on any atom is -0.497 e. The van der Waals surface area contributed by atoms with Crippen LogP contribution in [-0.4, -0.2) is 54.2 Å². The van der Waals surface area contributed by atoms with E-state index in [9.17, 15) is 0 Å². The predicted octanol–water partition coefficient (Wildman–Crippen LogP) is 3.03. The number of hydrogen-bond donors (Lipinski definition) is 1. The van der Waals surface area contributed by atoms with Gasteiger partial charge in [-0.3, -0.25) is 0 Å². The predicted molar refractivity (Wildman–Crippen MR) is 169 cm³/mol. The van der Waals surface area contributed by atoms with E-state index in [4.69, 9.17) is 18.9 Å². The molecule has 0 saturated carbocycles. The summed E-state index contributed by atoms with van der Waals surface area (Å²) in [5.41, 5.74) is 4.71. The molecule has 40 heavy (non-hydrogen) atoms. The van der Waals surface area contributed by atoms with Gasteiger partial charge >= 0.3 is 0 Å².